The van der Waals surface area contributed by atoms with Crippen molar-refractivity contribution in [1.82, 2.24) is 20.4 Å². The van der Waals surface area contributed by atoms with Crippen LogP contribution in [0.4, 0.5) is 0 Å². The maximum Gasteiger partial charge on any atom is 0.191 e. The van der Waals surface area contributed by atoms with Gasteiger partial charge in [0.2, 0.25) is 0 Å². The maximum atomic E-state index is 5.64. The second-order valence-electron chi connectivity index (χ2n) is 7.61. The molecule has 1 aromatic carbocycles. The standard InChI is InChI=1S/C21H35N5O/c1-22-21(23-15-17-9-8-12-25(17)2)24-16-19(26-13-6-7-14-26)18-10-4-5-11-20(18)27-3/h4-5,10-11,17,19H,6-9,12-16H2,1-3H3,(H2,22,23,24). The normalized spacial score (nSPS) is 22.8. The second-order valence-corrected chi connectivity index (χ2v) is 7.61. The highest BCUT2D eigenvalue weighted by molar-refractivity contribution is 5.79. The van der Waals surface area contributed by atoms with Gasteiger partial charge in [-0.25, -0.2) is 0 Å². The van der Waals surface area contributed by atoms with Crippen molar-refractivity contribution >= 4 is 5.96 Å². The zero-order valence-electron chi connectivity index (χ0n) is 17.1. The Labute approximate surface area is 164 Å². The quantitative estimate of drug-likeness (QED) is 0.566. The molecule has 2 saturated heterocycles. The molecule has 0 aromatic heterocycles. The Morgan fingerprint density at radius 1 is 1.19 bits per heavy atom. The van der Waals surface area contributed by atoms with Crippen LogP contribution in [0, 0.1) is 0 Å². The minimum atomic E-state index is 0.288. The number of aliphatic imine (C=N–C) groups is 1. The van der Waals surface area contributed by atoms with Gasteiger partial charge in [0.05, 0.1) is 13.2 Å². The minimum Gasteiger partial charge on any atom is -0.496 e. The number of likely N-dealkylation sites (tertiary alicyclic amines) is 2. The zero-order chi connectivity index (χ0) is 19.1. The van der Waals surface area contributed by atoms with E-state index < -0.39 is 0 Å². The summed E-state index contributed by atoms with van der Waals surface area (Å²) in [5, 5.41) is 7.07. The summed E-state index contributed by atoms with van der Waals surface area (Å²) in [7, 11) is 5.81. The predicted molar refractivity (Wildman–Crippen MR) is 112 cm³/mol. The summed E-state index contributed by atoms with van der Waals surface area (Å²) in [4.78, 5) is 9.43. The lowest BCUT2D eigenvalue weighted by Gasteiger charge is -2.30. The van der Waals surface area contributed by atoms with Gasteiger partial charge in [-0.3, -0.25) is 9.89 Å². The van der Waals surface area contributed by atoms with Gasteiger partial charge >= 0.3 is 0 Å². The molecular formula is C21H35N5O. The molecule has 27 heavy (non-hydrogen) atoms. The first-order valence-corrected chi connectivity index (χ1v) is 10.2. The van der Waals surface area contributed by atoms with Gasteiger partial charge in [0.15, 0.2) is 5.96 Å². The number of methoxy groups -OCH3 is 1. The Balaban J connectivity index is 1.63. The number of nitrogens with zero attached hydrogens (tertiary/aromatic N) is 3. The number of hydrogen-bond acceptors (Lipinski definition) is 4. The van der Waals surface area contributed by atoms with Crippen molar-refractivity contribution < 1.29 is 4.74 Å². The molecule has 0 spiro atoms. The van der Waals surface area contributed by atoms with Crippen LogP contribution in [-0.4, -0.2) is 75.7 Å². The topological polar surface area (TPSA) is 52.1 Å². The van der Waals surface area contributed by atoms with Gasteiger partial charge < -0.3 is 20.3 Å². The molecule has 2 N–H and O–H groups in total. The Morgan fingerprint density at radius 3 is 2.63 bits per heavy atom. The number of ether oxygens (including phenoxy) is 1. The van der Waals surface area contributed by atoms with Crippen LogP contribution in [0.1, 0.15) is 37.3 Å². The molecule has 0 radical (unpaired) electrons. The van der Waals surface area contributed by atoms with Crippen LogP contribution in [0.2, 0.25) is 0 Å². The van der Waals surface area contributed by atoms with E-state index in [1.807, 2.05) is 13.1 Å². The van der Waals surface area contributed by atoms with E-state index in [1.54, 1.807) is 7.11 Å². The van der Waals surface area contributed by atoms with Crippen LogP contribution < -0.4 is 15.4 Å². The molecular weight excluding hydrogens is 338 g/mol. The monoisotopic (exact) mass is 373 g/mol. The summed E-state index contributed by atoms with van der Waals surface area (Å²) in [5.74, 6) is 1.85. The molecule has 3 rings (SSSR count). The van der Waals surface area contributed by atoms with Crippen molar-refractivity contribution in [2.75, 3.05) is 53.9 Å². The molecule has 6 nitrogen and oxygen atoms in total. The summed E-state index contributed by atoms with van der Waals surface area (Å²) in [6.07, 6.45) is 5.09. The van der Waals surface area contributed by atoms with Crippen LogP contribution >= 0.6 is 0 Å². The van der Waals surface area contributed by atoms with Crippen LogP contribution in [0.5, 0.6) is 5.75 Å². The predicted octanol–water partition coefficient (Wildman–Crippen LogP) is 2.09. The summed E-state index contributed by atoms with van der Waals surface area (Å²) >= 11 is 0. The largest absolute Gasteiger partial charge is 0.496 e. The number of hydrogen-bond donors (Lipinski definition) is 2. The van der Waals surface area contributed by atoms with Crippen molar-refractivity contribution in [2.24, 2.45) is 4.99 Å². The van der Waals surface area contributed by atoms with E-state index in [2.05, 4.69) is 50.7 Å². The average Bonchev–Trinajstić information content (AvgIpc) is 3.37. The van der Waals surface area contributed by atoms with Crippen molar-refractivity contribution in [2.45, 2.75) is 37.8 Å². The molecule has 2 heterocycles. The molecule has 0 amide bonds. The van der Waals surface area contributed by atoms with Crippen LogP contribution in [0.25, 0.3) is 0 Å². The number of benzene rings is 1. The highest BCUT2D eigenvalue weighted by Crippen LogP contribution is 2.31. The molecule has 150 valence electrons. The number of para-hydroxylation sites is 1. The van der Waals surface area contributed by atoms with Crippen molar-refractivity contribution in [1.29, 1.82) is 0 Å². The number of guanidine groups is 1. The maximum absolute atomic E-state index is 5.64. The second kappa shape index (κ2) is 9.95. The molecule has 1 aromatic rings. The number of likely N-dealkylation sites (N-methyl/N-ethyl adjacent to an activating group) is 1. The van der Waals surface area contributed by atoms with E-state index >= 15 is 0 Å². The Kier molecular flexibility index (Phi) is 7.35. The summed E-state index contributed by atoms with van der Waals surface area (Å²) < 4.78 is 5.64. The van der Waals surface area contributed by atoms with Gasteiger partial charge in [-0.15, -0.1) is 0 Å². The van der Waals surface area contributed by atoms with Gasteiger partial charge in [-0.1, -0.05) is 18.2 Å². The fraction of sp³-hybridized carbons (Fsp3) is 0.667. The van der Waals surface area contributed by atoms with Crippen molar-refractivity contribution in [3.63, 3.8) is 0 Å². The van der Waals surface area contributed by atoms with Gasteiger partial charge in [0.1, 0.15) is 5.75 Å². The zero-order valence-corrected chi connectivity index (χ0v) is 17.1. The molecule has 2 atom stereocenters. The molecule has 0 bridgehead atoms. The van der Waals surface area contributed by atoms with E-state index in [9.17, 15) is 0 Å². The first kappa shape index (κ1) is 20.0. The lowest BCUT2D eigenvalue weighted by Crippen LogP contribution is -2.46. The lowest BCUT2D eigenvalue weighted by molar-refractivity contribution is 0.239. The van der Waals surface area contributed by atoms with Gasteiger partial charge in [0.25, 0.3) is 0 Å². The van der Waals surface area contributed by atoms with Crippen LogP contribution in [0.3, 0.4) is 0 Å². The molecule has 2 aliphatic rings. The van der Waals surface area contributed by atoms with Gasteiger partial charge in [-0.2, -0.15) is 0 Å². The van der Waals surface area contributed by atoms with Crippen molar-refractivity contribution in [3.05, 3.63) is 29.8 Å². The minimum absolute atomic E-state index is 0.288. The summed E-state index contributed by atoms with van der Waals surface area (Å²) in [6.45, 7) is 5.25. The average molecular weight is 374 g/mol. The Hall–Kier alpha value is -1.79. The van der Waals surface area contributed by atoms with Crippen molar-refractivity contribution in [3.8, 4) is 5.75 Å². The highest BCUT2D eigenvalue weighted by Gasteiger charge is 2.26. The first-order chi connectivity index (χ1) is 13.2. The molecule has 6 heteroatoms. The Morgan fingerprint density at radius 2 is 1.96 bits per heavy atom. The summed E-state index contributed by atoms with van der Waals surface area (Å²) in [5.41, 5.74) is 1.25. The number of nitrogens with one attached hydrogen (secondary N) is 2. The third-order valence-electron chi connectivity index (χ3n) is 5.94. The molecule has 0 saturated carbocycles. The highest BCUT2D eigenvalue weighted by atomic mass is 16.5. The molecule has 0 aliphatic carbocycles. The molecule has 2 fully saturated rings. The fourth-order valence-electron chi connectivity index (χ4n) is 4.30. The summed E-state index contributed by atoms with van der Waals surface area (Å²) in [6, 6.07) is 9.27. The van der Waals surface area contributed by atoms with E-state index in [0.717, 1.165) is 37.9 Å². The SMILES string of the molecule is CN=C(NCC1CCCN1C)NCC(c1ccccc1OC)N1CCCC1. The smallest absolute Gasteiger partial charge is 0.191 e. The lowest BCUT2D eigenvalue weighted by atomic mass is 10.0. The third kappa shape index (κ3) is 5.14. The first-order valence-electron chi connectivity index (χ1n) is 10.2. The van der Waals surface area contributed by atoms with Gasteiger partial charge in [-0.05, 0) is 58.4 Å². The fourth-order valence-corrected chi connectivity index (χ4v) is 4.30. The molecule has 2 unspecified atom stereocenters. The number of rotatable bonds is 7. The Bertz CT molecular complexity index is 614. The van der Waals surface area contributed by atoms with Crippen LogP contribution in [-0.2, 0) is 0 Å². The molecule has 2 aliphatic heterocycles. The third-order valence-corrected chi connectivity index (χ3v) is 5.94. The van der Waals surface area contributed by atoms with Crippen LogP contribution in [0.15, 0.2) is 29.3 Å². The van der Waals surface area contributed by atoms with E-state index in [1.165, 1.54) is 37.8 Å². The van der Waals surface area contributed by atoms with E-state index in [0.29, 0.717) is 6.04 Å². The van der Waals surface area contributed by atoms with Gasteiger partial charge in [0, 0.05) is 31.7 Å². The van der Waals surface area contributed by atoms with E-state index in [-0.39, 0.29) is 6.04 Å². The van der Waals surface area contributed by atoms with E-state index in [4.69, 9.17) is 4.74 Å².